The quantitative estimate of drug-likeness (QED) is 0.327. The van der Waals surface area contributed by atoms with Crippen LogP contribution in [0.2, 0.25) is 0 Å². The topological polar surface area (TPSA) is 83.8 Å². The molecular weight excluding hydrogens is 254 g/mol. The van der Waals surface area contributed by atoms with Gasteiger partial charge in [-0.1, -0.05) is 35.5 Å². The minimum atomic E-state index is -0.0489. The van der Waals surface area contributed by atoms with Crippen molar-refractivity contribution >= 4 is 5.84 Å². The maximum absolute atomic E-state index is 8.77. The van der Waals surface area contributed by atoms with Crippen LogP contribution in [0.3, 0.4) is 0 Å². The Kier molecular flexibility index (Phi) is 4.79. The van der Waals surface area contributed by atoms with Crippen molar-refractivity contribution in [1.82, 2.24) is 5.32 Å². The van der Waals surface area contributed by atoms with Crippen molar-refractivity contribution in [2.24, 2.45) is 10.9 Å². The number of nitrogens with two attached hydrogens (primary N) is 1. The van der Waals surface area contributed by atoms with E-state index in [0.717, 1.165) is 11.3 Å². The van der Waals surface area contributed by atoms with Crippen LogP contribution < -0.4 is 11.1 Å². The van der Waals surface area contributed by atoms with E-state index in [2.05, 4.69) is 10.5 Å². The van der Waals surface area contributed by atoms with E-state index < -0.39 is 0 Å². The molecule has 5 heteroatoms. The van der Waals surface area contributed by atoms with E-state index in [-0.39, 0.29) is 17.9 Å². The molecule has 0 radical (unpaired) electrons. The lowest BCUT2D eigenvalue weighted by Crippen LogP contribution is -2.29. The first-order chi connectivity index (χ1) is 9.70. The number of rotatable bonds is 6. The van der Waals surface area contributed by atoms with Crippen molar-refractivity contribution in [3.8, 4) is 0 Å². The molecule has 2 aromatic rings. The summed E-state index contributed by atoms with van der Waals surface area (Å²) in [6.07, 6.45) is 2.07. The number of amidine groups is 1. The van der Waals surface area contributed by atoms with Gasteiger partial charge in [0.1, 0.15) is 11.6 Å². The molecule has 20 heavy (non-hydrogen) atoms. The second kappa shape index (κ2) is 6.77. The Morgan fingerprint density at radius 2 is 2.05 bits per heavy atom. The van der Waals surface area contributed by atoms with E-state index in [4.69, 9.17) is 15.4 Å². The van der Waals surface area contributed by atoms with Crippen LogP contribution in [0.5, 0.6) is 0 Å². The van der Waals surface area contributed by atoms with Crippen LogP contribution in [0, 0.1) is 0 Å². The Morgan fingerprint density at radius 1 is 1.30 bits per heavy atom. The van der Waals surface area contributed by atoms with Crippen LogP contribution in [0.1, 0.15) is 36.8 Å². The fraction of sp³-hybridized carbons (Fsp3) is 0.267. The number of hydrogen-bond acceptors (Lipinski definition) is 4. The molecule has 4 N–H and O–H groups in total. The Bertz CT molecular complexity index is 538. The molecule has 5 nitrogen and oxygen atoms in total. The van der Waals surface area contributed by atoms with E-state index in [9.17, 15) is 0 Å². The zero-order chi connectivity index (χ0) is 14.4. The molecule has 1 unspecified atom stereocenters. The zero-order valence-electron chi connectivity index (χ0n) is 11.4. The van der Waals surface area contributed by atoms with Crippen LogP contribution in [0.25, 0.3) is 0 Å². The fourth-order valence-corrected chi connectivity index (χ4v) is 2.13. The molecule has 0 fully saturated rings. The molecule has 1 heterocycles. The predicted octanol–water partition coefficient (Wildman–Crippen LogP) is 2.81. The number of benzene rings is 1. The van der Waals surface area contributed by atoms with Gasteiger partial charge in [-0.05, 0) is 24.6 Å². The van der Waals surface area contributed by atoms with Gasteiger partial charge in [-0.15, -0.1) is 0 Å². The predicted molar refractivity (Wildman–Crippen MR) is 77.5 cm³/mol. The number of nitrogens with zero attached hydrogens (tertiary/aromatic N) is 1. The van der Waals surface area contributed by atoms with E-state index >= 15 is 0 Å². The van der Waals surface area contributed by atoms with Crippen LogP contribution in [-0.2, 0) is 0 Å². The summed E-state index contributed by atoms with van der Waals surface area (Å²) in [4.78, 5) is 0. The fourth-order valence-electron chi connectivity index (χ4n) is 2.13. The Labute approximate surface area is 118 Å². The van der Waals surface area contributed by atoms with Crippen LogP contribution in [0.15, 0.2) is 58.3 Å². The van der Waals surface area contributed by atoms with E-state index in [1.807, 2.05) is 49.4 Å². The molecule has 0 aliphatic carbocycles. The minimum absolute atomic E-state index is 0.0294. The molecule has 2 rings (SSSR count). The number of furan rings is 1. The van der Waals surface area contributed by atoms with Crippen molar-refractivity contribution in [2.75, 3.05) is 0 Å². The van der Waals surface area contributed by atoms with Gasteiger partial charge in [0, 0.05) is 12.5 Å². The number of oxime groups is 1. The highest BCUT2D eigenvalue weighted by molar-refractivity contribution is 5.80. The van der Waals surface area contributed by atoms with Crippen LogP contribution in [-0.4, -0.2) is 11.0 Å². The van der Waals surface area contributed by atoms with Gasteiger partial charge in [-0.25, -0.2) is 0 Å². The number of nitrogens with one attached hydrogen (secondary N) is 1. The third-order valence-electron chi connectivity index (χ3n) is 3.16. The van der Waals surface area contributed by atoms with E-state index in [1.165, 1.54) is 0 Å². The monoisotopic (exact) mass is 273 g/mol. The van der Waals surface area contributed by atoms with Gasteiger partial charge in [0.2, 0.25) is 0 Å². The van der Waals surface area contributed by atoms with Gasteiger partial charge >= 0.3 is 0 Å². The normalized spacial score (nSPS) is 14.9. The summed E-state index contributed by atoms with van der Waals surface area (Å²) < 4.78 is 5.39. The van der Waals surface area contributed by atoms with Crippen molar-refractivity contribution in [2.45, 2.75) is 25.4 Å². The smallest absolute Gasteiger partial charge is 0.141 e. The number of hydrogen-bond donors (Lipinski definition) is 3. The molecule has 0 saturated carbocycles. The summed E-state index contributed by atoms with van der Waals surface area (Å²) in [6.45, 7) is 2.01. The summed E-state index contributed by atoms with van der Waals surface area (Å²) in [5.74, 6) is 1.04. The highest BCUT2D eigenvalue weighted by Gasteiger charge is 2.18. The highest BCUT2D eigenvalue weighted by Crippen LogP contribution is 2.22. The lowest BCUT2D eigenvalue weighted by molar-refractivity contribution is 0.314. The van der Waals surface area contributed by atoms with E-state index in [1.54, 1.807) is 6.26 Å². The van der Waals surface area contributed by atoms with Gasteiger partial charge in [0.25, 0.3) is 0 Å². The third kappa shape index (κ3) is 3.61. The summed E-state index contributed by atoms with van der Waals surface area (Å²) in [5.41, 5.74) is 6.72. The van der Waals surface area contributed by atoms with Crippen LogP contribution in [0.4, 0.5) is 0 Å². The second-order valence-corrected chi connectivity index (χ2v) is 4.66. The molecule has 2 atom stereocenters. The summed E-state index contributed by atoms with van der Waals surface area (Å²) in [5, 5.41) is 15.3. The van der Waals surface area contributed by atoms with Crippen molar-refractivity contribution in [1.29, 1.82) is 0 Å². The molecule has 1 aromatic heterocycles. The maximum Gasteiger partial charge on any atom is 0.141 e. The standard InChI is InChI=1S/C15H19N3O2/c1-11(14-8-5-9-20-14)17-13(10-15(16)18-19)12-6-3-2-4-7-12/h2-9,11,13,17,19H,10H2,1H3,(H2,16,18)/t11-,13?/m0/s1. The molecule has 0 bridgehead atoms. The zero-order valence-corrected chi connectivity index (χ0v) is 11.4. The summed E-state index contributed by atoms with van der Waals surface area (Å²) in [7, 11) is 0. The molecule has 0 spiro atoms. The van der Waals surface area contributed by atoms with Crippen molar-refractivity contribution in [3.63, 3.8) is 0 Å². The average Bonchev–Trinajstić information content (AvgIpc) is 3.01. The summed E-state index contributed by atoms with van der Waals surface area (Å²) >= 11 is 0. The van der Waals surface area contributed by atoms with Crippen molar-refractivity contribution in [3.05, 3.63) is 60.1 Å². The first-order valence-corrected chi connectivity index (χ1v) is 6.51. The Morgan fingerprint density at radius 3 is 2.65 bits per heavy atom. The Balaban J connectivity index is 2.14. The summed E-state index contributed by atoms with van der Waals surface area (Å²) in [6, 6.07) is 13.7. The molecular formula is C15H19N3O2. The van der Waals surface area contributed by atoms with Gasteiger partial charge in [-0.2, -0.15) is 0 Å². The molecule has 0 saturated heterocycles. The van der Waals surface area contributed by atoms with E-state index in [0.29, 0.717) is 6.42 Å². The Hall–Kier alpha value is -2.27. The van der Waals surface area contributed by atoms with Crippen LogP contribution >= 0.6 is 0 Å². The first kappa shape index (κ1) is 14.1. The largest absolute Gasteiger partial charge is 0.468 e. The van der Waals surface area contributed by atoms with Gasteiger partial charge < -0.3 is 20.7 Å². The highest BCUT2D eigenvalue weighted by atomic mass is 16.4. The molecule has 0 aliphatic rings. The second-order valence-electron chi connectivity index (χ2n) is 4.66. The van der Waals surface area contributed by atoms with Gasteiger partial charge in [0.05, 0.1) is 12.3 Å². The lowest BCUT2D eigenvalue weighted by atomic mass is 10.0. The lowest BCUT2D eigenvalue weighted by Gasteiger charge is -2.22. The maximum atomic E-state index is 8.77. The third-order valence-corrected chi connectivity index (χ3v) is 3.16. The molecule has 1 aromatic carbocycles. The average molecular weight is 273 g/mol. The molecule has 0 amide bonds. The SMILES string of the molecule is C[C@H](NC(C/C(N)=N/O)c1ccccc1)c1ccco1. The first-order valence-electron chi connectivity index (χ1n) is 6.51. The molecule has 0 aliphatic heterocycles. The minimum Gasteiger partial charge on any atom is -0.468 e. The molecule has 106 valence electrons. The van der Waals surface area contributed by atoms with Crippen molar-refractivity contribution < 1.29 is 9.62 Å². The van der Waals surface area contributed by atoms with Gasteiger partial charge in [-0.3, -0.25) is 0 Å². The van der Waals surface area contributed by atoms with Gasteiger partial charge in [0.15, 0.2) is 0 Å².